The quantitative estimate of drug-likeness (QED) is 0.325. The monoisotopic (exact) mass is 473 g/mol. The van der Waals surface area contributed by atoms with Gasteiger partial charge < -0.3 is 44.8 Å². The number of ether oxygens (including phenoxy) is 3. The topological polar surface area (TPSA) is 173 Å². The average molecular weight is 473 g/mol. The predicted octanol–water partition coefficient (Wildman–Crippen LogP) is -0.359. The number of rotatable bonds is 6. The molecule has 0 radical (unpaired) electrons. The summed E-state index contributed by atoms with van der Waals surface area (Å²) in [5, 5.41) is 71.6. The lowest BCUT2D eigenvalue weighted by Gasteiger charge is -2.46. The Morgan fingerprint density at radius 3 is 2.47 bits per heavy atom. The summed E-state index contributed by atoms with van der Waals surface area (Å²) in [5.74, 6) is -2.43. The molecule has 0 unspecified atom stereocenters. The maximum Gasteiger partial charge on any atom is 0.226 e. The number of aromatic hydroxyl groups is 1. The number of phenols is 1. The van der Waals surface area contributed by atoms with Crippen LogP contribution in [0.3, 0.4) is 0 Å². The molecule has 2 aliphatic rings. The minimum atomic E-state index is -2.56. The van der Waals surface area contributed by atoms with Crippen molar-refractivity contribution in [1.82, 2.24) is 0 Å². The summed E-state index contributed by atoms with van der Waals surface area (Å²) in [6.45, 7) is 0.0422. The summed E-state index contributed by atoms with van der Waals surface area (Å²) in [7, 11) is 0. The Balaban J connectivity index is 1.81. The van der Waals surface area contributed by atoms with E-state index >= 15 is 0 Å². The molecule has 6 atom stereocenters. The van der Waals surface area contributed by atoms with Crippen LogP contribution in [0.2, 0.25) is 0 Å². The standard InChI is InChI=1S/C24H27NO9/c25-10-15-9-19(33-17-5-6-32-12-17)18(8-14(15)7-13-1-3-16(27)4-2-13)24(31)23(30)22(29)21(28)20(11-26)34-24/h1-4,8-9,17,20-23,26-31H,5-7,11-12H2/t17-,20-,21-,22+,23-,24+/m1/s1. The number of phenolic OH excluding ortho intramolecular Hbond substituents is 1. The Bertz CT molecular complexity index is 1050. The third-order valence-electron chi connectivity index (χ3n) is 6.19. The Kier molecular flexibility index (Phi) is 7.06. The van der Waals surface area contributed by atoms with Crippen LogP contribution in [-0.2, 0) is 21.7 Å². The first-order valence-electron chi connectivity index (χ1n) is 10.9. The van der Waals surface area contributed by atoms with Crippen LogP contribution >= 0.6 is 0 Å². The van der Waals surface area contributed by atoms with Gasteiger partial charge in [-0.25, -0.2) is 0 Å². The number of aliphatic hydroxyl groups excluding tert-OH is 4. The number of nitrogens with zero attached hydrogens (tertiary/aromatic N) is 1. The van der Waals surface area contributed by atoms with E-state index in [4.69, 9.17) is 14.2 Å². The molecule has 4 rings (SSSR count). The fraction of sp³-hybridized carbons (Fsp3) is 0.458. The highest BCUT2D eigenvalue weighted by molar-refractivity contribution is 5.52. The summed E-state index contributed by atoms with van der Waals surface area (Å²) < 4.78 is 16.9. The summed E-state index contributed by atoms with van der Waals surface area (Å²) in [4.78, 5) is 0. The average Bonchev–Trinajstić information content (AvgIpc) is 3.35. The van der Waals surface area contributed by atoms with Gasteiger partial charge in [0.25, 0.3) is 0 Å². The molecule has 0 spiro atoms. The largest absolute Gasteiger partial charge is 0.508 e. The molecule has 0 saturated carbocycles. The molecule has 2 aromatic rings. The van der Waals surface area contributed by atoms with Gasteiger partial charge in [0.1, 0.15) is 42.0 Å². The fourth-order valence-electron chi connectivity index (χ4n) is 4.25. The van der Waals surface area contributed by atoms with E-state index in [1.807, 2.05) is 0 Å². The van der Waals surface area contributed by atoms with Gasteiger partial charge in [-0.1, -0.05) is 12.1 Å². The van der Waals surface area contributed by atoms with Crippen molar-refractivity contribution in [3.05, 3.63) is 58.7 Å². The second-order valence-electron chi connectivity index (χ2n) is 8.53. The normalized spacial score (nSPS) is 31.2. The van der Waals surface area contributed by atoms with Crippen molar-refractivity contribution < 1.29 is 44.8 Å². The molecule has 34 heavy (non-hydrogen) atoms. The number of hydrogen-bond acceptors (Lipinski definition) is 10. The Hall–Kier alpha value is -2.75. The Labute approximate surface area is 195 Å². The van der Waals surface area contributed by atoms with E-state index in [-0.39, 0.29) is 35.2 Å². The van der Waals surface area contributed by atoms with Gasteiger partial charge in [-0.15, -0.1) is 0 Å². The summed E-state index contributed by atoms with van der Waals surface area (Å²) in [6.07, 6.45) is -6.40. The first-order chi connectivity index (χ1) is 16.3. The van der Waals surface area contributed by atoms with Crippen molar-refractivity contribution in [3.63, 3.8) is 0 Å². The van der Waals surface area contributed by atoms with Crippen molar-refractivity contribution in [2.75, 3.05) is 19.8 Å². The van der Waals surface area contributed by atoms with Gasteiger partial charge in [0.15, 0.2) is 0 Å². The summed E-state index contributed by atoms with van der Waals surface area (Å²) >= 11 is 0. The van der Waals surface area contributed by atoms with E-state index in [1.54, 1.807) is 12.1 Å². The molecule has 2 aromatic carbocycles. The first kappa shape index (κ1) is 24.4. The molecule has 0 aliphatic carbocycles. The van der Waals surface area contributed by atoms with Gasteiger partial charge in [0, 0.05) is 6.42 Å². The van der Waals surface area contributed by atoms with Gasteiger partial charge in [-0.2, -0.15) is 5.26 Å². The molecular formula is C24H27NO9. The van der Waals surface area contributed by atoms with Crippen LogP contribution in [-0.4, -0.2) is 81.0 Å². The minimum Gasteiger partial charge on any atom is -0.508 e. The molecule has 2 saturated heterocycles. The van der Waals surface area contributed by atoms with Gasteiger partial charge in [0.05, 0.1) is 37.0 Å². The van der Waals surface area contributed by atoms with Crippen molar-refractivity contribution in [2.24, 2.45) is 0 Å². The molecule has 2 fully saturated rings. The zero-order valence-corrected chi connectivity index (χ0v) is 18.2. The van der Waals surface area contributed by atoms with Gasteiger partial charge in [-0.05, 0) is 41.8 Å². The Morgan fingerprint density at radius 1 is 1.12 bits per heavy atom. The smallest absolute Gasteiger partial charge is 0.226 e. The summed E-state index contributed by atoms with van der Waals surface area (Å²) in [6, 6.07) is 11.3. The van der Waals surface area contributed by atoms with Crippen LogP contribution < -0.4 is 4.74 Å². The molecule has 0 amide bonds. The highest BCUT2D eigenvalue weighted by Crippen LogP contribution is 2.42. The van der Waals surface area contributed by atoms with Gasteiger partial charge in [0.2, 0.25) is 5.79 Å². The van der Waals surface area contributed by atoms with Gasteiger partial charge >= 0.3 is 0 Å². The van der Waals surface area contributed by atoms with E-state index in [0.717, 1.165) is 5.56 Å². The maximum absolute atomic E-state index is 11.5. The van der Waals surface area contributed by atoms with E-state index in [1.165, 1.54) is 24.3 Å². The third kappa shape index (κ3) is 4.60. The number of aliphatic hydroxyl groups is 5. The SMILES string of the molecule is N#Cc1cc(O[C@@H]2CCOC2)c([C@]2(O)O[C@H](CO)[C@@H](O)[C@H](O)[C@H]2O)cc1Cc1ccc(O)cc1. The van der Waals surface area contributed by atoms with Crippen LogP contribution in [0.5, 0.6) is 11.5 Å². The molecule has 10 nitrogen and oxygen atoms in total. The zero-order chi connectivity index (χ0) is 24.5. The second kappa shape index (κ2) is 9.85. The van der Waals surface area contributed by atoms with Crippen molar-refractivity contribution in [1.29, 1.82) is 5.26 Å². The highest BCUT2D eigenvalue weighted by Gasteiger charge is 2.55. The molecular weight excluding hydrogens is 446 g/mol. The second-order valence-corrected chi connectivity index (χ2v) is 8.53. The number of benzene rings is 2. The first-order valence-corrected chi connectivity index (χ1v) is 10.9. The molecule has 6 N–H and O–H groups in total. The maximum atomic E-state index is 11.5. The van der Waals surface area contributed by atoms with E-state index in [0.29, 0.717) is 25.2 Å². The van der Waals surface area contributed by atoms with Crippen molar-refractivity contribution in [2.45, 2.75) is 49.1 Å². The molecule has 0 aromatic heterocycles. The molecule has 10 heteroatoms. The van der Waals surface area contributed by atoms with Gasteiger partial charge in [-0.3, -0.25) is 0 Å². The minimum absolute atomic E-state index is 0.0448. The lowest BCUT2D eigenvalue weighted by atomic mass is 9.85. The van der Waals surface area contributed by atoms with Crippen LogP contribution in [0.15, 0.2) is 36.4 Å². The van der Waals surface area contributed by atoms with E-state index in [2.05, 4.69) is 6.07 Å². The van der Waals surface area contributed by atoms with Crippen LogP contribution in [0.25, 0.3) is 0 Å². The molecule has 0 bridgehead atoms. The molecule has 2 aliphatic heterocycles. The molecule has 182 valence electrons. The van der Waals surface area contributed by atoms with E-state index < -0.39 is 36.8 Å². The predicted molar refractivity (Wildman–Crippen MR) is 116 cm³/mol. The summed E-state index contributed by atoms with van der Waals surface area (Å²) in [5.41, 5.74) is 1.41. The van der Waals surface area contributed by atoms with Crippen molar-refractivity contribution in [3.8, 4) is 17.6 Å². The lowest BCUT2D eigenvalue weighted by Crippen LogP contribution is -2.63. The fourth-order valence-corrected chi connectivity index (χ4v) is 4.25. The Morgan fingerprint density at radius 2 is 1.85 bits per heavy atom. The highest BCUT2D eigenvalue weighted by atomic mass is 16.7. The number of hydrogen-bond donors (Lipinski definition) is 6. The van der Waals surface area contributed by atoms with Crippen LogP contribution in [0.4, 0.5) is 0 Å². The third-order valence-corrected chi connectivity index (χ3v) is 6.19. The molecule has 2 heterocycles. The van der Waals surface area contributed by atoms with Crippen LogP contribution in [0.1, 0.15) is 28.7 Å². The lowest BCUT2D eigenvalue weighted by molar-refractivity contribution is -0.358. The van der Waals surface area contributed by atoms with Crippen LogP contribution in [0, 0.1) is 11.3 Å². The van der Waals surface area contributed by atoms with E-state index in [9.17, 15) is 35.9 Å². The van der Waals surface area contributed by atoms with Crippen molar-refractivity contribution >= 4 is 0 Å². The zero-order valence-electron chi connectivity index (χ0n) is 18.2. The number of nitriles is 1.